The average molecular weight is 466 g/mol. The normalized spacial score (nSPS) is 15.6. The molecule has 1 saturated heterocycles. The van der Waals surface area contributed by atoms with Crippen LogP contribution >= 0.6 is 0 Å². The van der Waals surface area contributed by atoms with Gasteiger partial charge in [-0.05, 0) is 31.9 Å². The second kappa shape index (κ2) is 9.80. The zero-order valence-corrected chi connectivity index (χ0v) is 19.1. The number of hydrazine groups is 1. The molecule has 1 fully saturated rings. The summed E-state index contributed by atoms with van der Waals surface area (Å²) >= 11 is 0. The predicted octanol–water partition coefficient (Wildman–Crippen LogP) is -0.614. The fourth-order valence-electron chi connectivity index (χ4n) is 4.00. The predicted molar refractivity (Wildman–Crippen MR) is 128 cm³/mol. The molecule has 3 aromatic heterocycles. The van der Waals surface area contributed by atoms with E-state index in [4.69, 9.17) is 5.73 Å². The van der Waals surface area contributed by atoms with Crippen LogP contribution < -0.4 is 32.7 Å². The minimum Gasteiger partial charge on any atom is -0.341 e. The number of aromatic nitrogens is 5. The van der Waals surface area contributed by atoms with Crippen LogP contribution in [0.2, 0.25) is 0 Å². The number of pyridine rings is 1. The van der Waals surface area contributed by atoms with Crippen LogP contribution in [0, 0.1) is 11.8 Å². The summed E-state index contributed by atoms with van der Waals surface area (Å²) in [6.45, 7) is 2.80. The topological polar surface area (TPSA) is 145 Å². The Bertz CT molecular complexity index is 1380. The van der Waals surface area contributed by atoms with Crippen molar-refractivity contribution in [1.82, 2.24) is 29.1 Å². The molecule has 0 aliphatic carbocycles. The van der Waals surface area contributed by atoms with Gasteiger partial charge in [-0.1, -0.05) is 5.92 Å². The second-order valence-corrected chi connectivity index (χ2v) is 8.09. The molecule has 0 saturated carbocycles. The number of hydrogen-bond donors (Lipinski definition) is 3. The third-order valence-electron chi connectivity index (χ3n) is 5.70. The molecule has 3 aromatic rings. The number of carbonyl (C=O) groups excluding carboxylic acids is 1. The number of fused-ring (bicyclic) bond motifs is 1. The molecule has 12 heteroatoms. The summed E-state index contributed by atoms with van der Waals surface area (Å²) in [7, 11) is 1.53. The van der Waals surface area contributed by atoms with Crippen LogP contribution in [0.25, 0.3) is 11.2 Å². The number of aryl methyl sites for hydroxylation is 1. The lowest BCUT2D eigenvalue weighted by Crippen LogP contribution is -2.44. The maximum absolute atomic E-state index is 13.4. The Morgan fingerprint density at radius 3 is 2.74 bits per heavy atom. The van der Waals surface area contributed by atoms with E-state index in [-0.39, 0.29) is 23.8 Å². The molecule has 1 unspecified atom stereocenters. The van der Waals surface area contributed by atoms with Crippen molar-refractivity contribution >= 4 is 28.7 Å². The first kappa shape index (κ1) is 23.1. The number of anilines is 2. The number of nitrogens with one attached hydrogen (secondary N) is 2. The molecular formula is C22H27N9O3. The van der Waals surface area contributed by atoms with E-state index in [2.05, 4.69) is 32.7 Å². The van der Waals surface area contributed by atoms with Gasteiger partial charge < -0.3 is 10.6 Å². The molecule has 12 nitrogen and oxygen atoms in total. The molecule has 0 radical (unpaired) electrons. The minimum atomic E-state index is -0.635. The summed E-state index contributed by atoms with van der Waals surface area (Å²) in [6, 6.07) is 3.33. The second-order valence-electron chi connectivity index (χ2n) is 8.09. The molecule has 4 N–H and O–H groups in total. The van der Waals surface area contributed by atoms with Gasteiger partial charge >= 0.3 is 5.69 Å². The Hall–Kier alpha value is -4.11. The lowest BCUT2D eigenvalue weighted by atomic mass is 10.1. The maximum atomic E-state index is 13.4. The van der Waals surface area contributed by atoms with Gasteiger partial charge in [0.05, 0.1) is 12.2 Å². The first-order valence-electron chi connectivity index (χ1n) is 11.0. The van der Waals surface area contributed by atoms with E-state index < -0.39 is 23.7 Å². The molecule has 4 rings (SSSR count). The molecule has 1 amide bonds. The van der Waals surface area contributed by atoms with Crippen molar-refractivity contribution in [3.63, 3.8) is 0 Å². The van der Waals surface area contributed by atoms with E-state index in [0.29, 0.717) is 18.2 Å². The van der Waals surface area contributed by atoms with Gasteiger partial charge in [0.1, 0.15) is 6.54 Å². The Kier molecular flexibility index (Phi) is 6.65. The molecule has 1 atom stereocenters. The van der Waals surface area contributed by atoms with Crippen LogP contribution in [-0.2, 0) is 24.9 Å². The summed E-state index contributed by atoms with van der Waals surface area (Å²) in [5.74, 6) is 5.80. The first-order chi connectivity index (χ1) is 16.4. The molecule has 0 spiro atoms. The number of nitrogens with two attached hydrogens (primary N) is 1. The van der Waals surface area contributed by atoms with Crippen molar-refractivity contribution in [2.24, 2.45) is 12.8 Å². The van der Waals surface area contributed by atoms with Gasteiger partial charge in [0.15, 0.2) is 11.2 Å². The van der Waals surface area contributed by atoms with Crippen molar-refractivity contribution in [1.29, 1.82) is 0 Å². The van der Waals surface area contributed by atoms with Crippen molar-refractivity contribution in [2.75, 3.05) is 23.4 Å². The minimum absolute atomic E-state index is 0.00339. The third kappa shape index (κ3) is 4.51. The molecule has 1 aliphatic heterocycles. The van der Waals surface area contributed by atoms with Crippen molar-refractivity contribution in [3.05, 3.63) is 45.4 Å². The van der Waals surface area contributed by atoms with E-state index in [0.717, 1.165) is 24.0 Å². The quantitative estimate of drug-likeness (QED) is 0.323. The summed E-state index contributed by atoms with van der Waals surface area (Å²) in [6.07, 6.45) is 4.95. The van der Waals surface area contributed by atoms with Crippen molar-refractivity contribution < 1.29 is 4.79 Å². The molecule has 34 heavy (non-hydrogen) atoms. The highest BCUT2D eigenvalue weighted by Crippen LogP contribution is 2.22. The van der Waals surface area contributed by atoms with Crippen LogP contribution in [-0.4, -0.2) is 48.7 Å². The number of hydrogen-bond acceptors (Lipinski definition) is 8. The highest BCUT2D eigenvalue weighted by Gasteiger charge is 2.26. The zero-order chi connectivity index (χ0) is 24.2. The number of nitrogens with zero attached hydrogens (tertiary/aromatic N) is 6. The van der Waals surface area contributed by atoms with Crippen LogP contribution in [0.5, 0.6) is 0 Å². The Balaban J connectivity index is 1.73. The van der Waals surface area contributed by atoms with Crippen LogP contribution in [0.4, 0.5) is 11.6 Å². The van der Waals surface area contributed by atoms with E-state index in [1.165, 1.54) is 11.6 Å². The number of rotatable bonds is 6. The summed E-state index contributed by atoms with van der Waals surface area (Å²) < 4.78 is 3.88. The van der Waals surface area contributed by atoms with Crippen molar-refractivity contribution in [3.8, 4) is 11.8 Å². The van der Waals surface area contributed by atoms with Gasteiger partial charge in [-0.25, -0.2) is 9.36 Å². The van der Waals surface area contributed by atoms with Gasteiger partial charge in [0.2, 0.25) is 5.95 Å². The van der Waals surface area contributed by atoms with Crippen LogP contribution in [0.3, 0.4) is 0 Å². The summed E-state index contributed by atoms with van der Waals surface area (Å²) in [5.41, 5.74) is 11.2. The Morgan fingerprint density at radius 1 is 1.26 bits per heavy atom. The van der Waals surface area contributed by atoms with Gasteiger partial charge in [0.25, 0.3) is 11.5 Å². The molecular weight excluding hydrogens is 438 g/mol. The van der Waals surface area contributed by atoms with Gasteiger partial charge in [0, 0.05) is 38.6 Å². The van der Waals surface area contributed by atoms with Crippen LogP contribution in [0.15, 0.2) is 34.1 Å². The largest absolute Gasteiger partial charge is 0.341 e. The summed E-state index contributed by atoms with van der Waals surface area (Å²) in [4.78, 5) is 49.5. The Labute approximate surface area is 195 Å². The molecule has 1 aliphatic rings. The standard InChI is InChI=1S/C22H27N9O3/c1-3-4-12-30-18-19(25-21(30)29-11-5-6-15(23)13-29)28(2)22(34)31(20(18)33)14-17(32)27-26-16-7-9-24-10-8-16/h7-10,15H,5-6,11-14,23H2,1-2H3,(H,24,26)(H,27,32). The monoisotopic (exact) mass is 465 g/mol. The highest BCUT2D eigenvalue weighted by atomic mass is 16.2. The zero-order valence-electron chi connectivity index (χ0n) is 19.1. The van der Waals surface area contributed by atoms with E-state index in [1.807, 2.05) is 4.90 Å². The molecule has 0 aromatic carbocycles. The molecule has 178 valence electrons. The smallest absolute Gasteiger partial charge is 0.332 e. The van der Waals surface area contributed by atoms with E-state index in [1.54, 1.807) is 36.0 Å². The first-order valence-corrected chi connectivity index (χ1v) is 11.0. The van der Waals surface area contributed by atoms with Crippen LogP contribution in [0.1, 0.15) is 19.8 Å². The highest BCUT2D eigenvalue weighted by molar-refractivity contribution is 5.78. The third-order valence-corrected chi connectivity index (χ3v) is 5.70. The Morgan fingerprint density at radius 2 is 2.03 bits per heavy atom. The van der Waals surface area contributed by atoms with E-state index in [9.17, 15) is 14.4 Å². The number of amides is 1. The van der Waals surface area contributed by atoms with Crippen molar-refractivity contribution in [2.45, 2.75) is 38.9 Å². The lowest BCUT2D eigenvalue weighted by Gasteiger charge is -2.31. The number of piperidine rings is 1. The van der Waals surface area contributed by atoms with Gasteiger partial charge in [-0.15, -0.1) is 5.92 Å². The lowest BCUT2D eigenvalue weighted by molar-refractivity contribution is -0.121. The SMILES string of the molecule is CC#CCn1c(N2CCCC(N)C2)nc2c1c(=O)n(CC(=O)NNc1ccncc1)c(=O)n2C. The van der Waals surface area contributed by atoms with E-state index >= 15 is 0 Å². The fourth-order valence-corrected chi connectivity index (χ4v) is 4.00. The number of imidazole rings is 1. The fraction of sp³-hybridized carbons (Fsp3) is 0.409. The average Bonchev–Trinajstić information content (AvgIpc) is 3.23. The molecule has 4 heterocycles. The van der Waals surface area contributed by atoms with Gasteiger partial charge in [-0.3, -0.25) is 34.6 Å². The maximum Gasteiger partial charge on any atom is 0.332 e. The van der Waals surface area contributed by atoms with Gasteiger partial charge in [-0.2, -0.15) is 4.98 Å². The summed E-state index contributed by atoms with van der Waals surface area (Å²) in [5, 5.41) is 0. The number of carbonyl (C=O) groups is 1. The molecule has 0 bridgehead atoms.